The molecule has 0 radical (unpaired) electrons. The summed E-state index contributed by atoms with van der Waals surface area (Å²) in [5.74, 6) is 2.64. The summed E-state index contributed by atoms with van der Waals surface area (Å²) < 4.78 is 0. The molecule has 0 aromatic heterocycles. The molecule has 2 nitrogen and oxygen atoms in total. The fourth-order valence-corrected chi connectivity index (χ4v) is 0.958. The third-order valence-corrected chi connectivity index (χ3v) is 1.69. The van der Waals surface area contributed by atoms with Crippen LogP contribution in [0.15, 0.2) is 0 Å². The van der Waals surface area contributed by atoms with E-state index in [1.165, 1.54) is 0 Å². The van der Waals surface area contributed by atoms with Crippen molar-refractivity contribution in [3.63, 3.8) is 0 Å². The van der Waals surface area contributed by atoms with E-state index in [0.29, 0.717) is 0 Å². The fraction of sp³-hybridized carbons (Fsp3) is 0.778. The highest BCUT2D eigenvalue weighted by molar-refractivity contribution is 4.87. The fourth-order valence-electron chi connectivity index (χ4n) is 0.958. The molecule has 0 aliphatic carbocycles. The Kier molecular flexibility index (Phi) is 7.23. The van der Waals surface area contributed by atoms with Crippen molar-refractivity contribution in [1.29, 1.82) is 0 Å². The molecule has 0 atom stereocenters. The largest absolute Gasteiger partial charge is 0.330 e. The molecule has 0 bridgehead atoms. The summed E-state index contributed by atoms with van der Waals surface area (Å²) in [5.41, 5.74) is 5.37. The molecule has 0 heterocycles. The molecule has 11 heavy (non-hydrogen) atoms. The minimum atomic E-state index is 0.765. The Hall–Kier alpha value is -0.520. The van der Waals surface area contributed by atoms with Gasteiger partial charge in [0, 0.05) is 0 Å². The molecule has 0 aromatic rings. The molecule has 0 aromatic carbocycles. The summed E-state index contributed by atoms with van der Waals surface area (Å²) in [6, 6.07) is 0. The van der Waals surface area contributed by atoms with E-state index in [1.807, 2.05) is 0 Å². The smallest absolute Gasteiger partial charge is 0.0598 e. The topological polar surface area (TPSA) is 29.3 Å². The zero-order chi connectivity index (χ0) is 8.53. The van der Waals surface area contributed by atoms with Crippen LogP contribution in [0.25, 0.3) is 0 Å². The van der Waals surface area contributed by atoms with Gasteiger partial charge in [-0.25, -0.2) is 0 Å². The molecule has 0 saturated carbocycles. The molecule has 0 unspecified atom stereocenters. The van der Waals surface area contributed by atoms with E-state index in [9.17, 15) is 0 Å². The molecular weight excluding hydrogens is 136 g/mol. The van der Waals surface area contributed by atoms with E-state index < -0.39 is 0 Å². The number of hydrogen-bond donors (Lipinski definition) is 1. The first kappa shape index (κ1) is 10.5. The zero-order valence-electron chi connectivity index (χ0n) is 7.34. The second-order valence-electron chi connectivity index (χ2n) is 2.57. The molecular formula is C9H18N2. The lowest BCUT2D eigenvalue weighted by molar-refractivity contribution is 0.317. The minimum absolute atomic E-state index is 0.765. The normalized spacial score (nSPS) is 10.0. The van der Waals surface area contributed by atoms with Crippen LogP contribution in [0.5, 0.6) is 0 Å². The maximum Gasteiger partial charge on any atom is 0.0598 e. The number of hydrogen-bond acceptors (Lipinski definition) is 2. The number of nitrogens with two attached hydrogens (primary N) is 1. The molecule has 0 aliphatic rings. The van der Waals surface area contributed by atoms with Crippen molar-refractivity contribution in [3.05, 3.63) is 0 Å². The second kappa shape index (κ2) is 7.59. The molecule has 2 N–H and O–H groups in total. The average Bonchev–Trinajstić information content (AvgIpc) is 2.03. The number of nitrogens with zero attached hydrogens (tertiary/aromatic N) is 1. The molecule has 0 rings (SSSR count). The number of terminal acetylenes is 1. The van der Waals surface area contributed by atoms with Crippen molar-refractivity contribution in [1.82, 2.24) is 4.90 Å². The minimum Gasteiger partial charge on any atom is -0.330 e. The van der Waals surface area contributed by atoms with Gasteiger partial charge in [0.1, 0.15) is 0 Å². The zero-order valence-corrected chi connectivity index (χ0v) is 7.34. The van der Waals surface area contributed by atoms with Gasteiger partial charge >= 0.3 is 0 Å². The molecule has 64 valence electrons. The molecule has 0 amide bonds. The third-order valence-electron chi connectivity index (χ3n) is 1.69. The van der Waals surface area contributed by atoms with Crippen LogP contribution in [0.1, 0.15) is 19.8 Å². The van der Waals surface area contributed by atoms with Crippen molar-refractivity contribution in [2.45, 2.75) is 19.8 Å². The van der Waals surface area contributed by atoms with Crippen LogP contribution in [-0.4, -0.2) is 31.1 Å². The van der Waals surface area contributed by atoms with Crippen molar-refractivity contribution in [3.8, 4) is 12.3 Å². The summed E-state index contributed by atoms with van der Waals surface area (Å²) in [6.45, 7) is 5.79. The van der Waals surface area contributed by atoms with E-state index in [4.69, 9.17) is 12.2 Å². The van der Waals surface area contributed by atoms with Gasteiger partial charge in [-0.1, -0.05) is 12.8 Å². The van der Waals surface area contributed by atoms with Gasteiger partial charge in [-0.2, -0.15) is 0 Å². The van der Waals surface area contributed by atoms with Crippen molar-refractivity contribution in [2.24, 2.45) is 5.73 Å². The van der Waals surface area contributed by atoms with Crippen LogP contribution in [0.4, 0.5) is 0 Å². The van der Waals surface area contributed by atoms with E-state index >= 15 is 0 Å². The van der Waals surface area contributed by atoms with E-state index in [1.54, 1.807) is 0 Å². The monoisotopic (exact) mass is 154 g/mol. The van der Waals surface area contributed by atoms with Crippen LogP contribution in [0.2, 0.25) is 0 Å². The predicted molar refractivity (Wildman–Crippen MR) is 49.2 cm³/mol. The van der Waals surface area contributed by atoms with Gasteiger partial charge < -0.3 is 5.73 Å². The van der Waals surface area contributed by atoms with Crippen LogP contribution < -0.4 is 5.73 Å². The highest BCUT2D eigenvalue weighted by Gasteiger charge is 1.97. The lowest BCUT2D eigenvalue weighted by atomic mass is 10.3. The standard InChI is InChI=1S/C9H18N2/c1-3-8-11(4-2)9-6-5-7-10/h1H,4-10H2,2H3. The molecule has 0 fully saturated rings. The SMILES string of the molecule is C#CCN(CC)CCCCN. The Balaban J connectivity index is 3.30. The molecule has 0 aliphatic heterocycles. The van der Waals surface area contributed by atoms with Gasteiger partial charge in [0.05, 0.1) is 6.54 Å². The lowest BCUT2D eigenvalue weighted by Crippen LogP contribution is -2.25. The molecule has 0 saturated heterocycles. The first-order valence-electron chi connectivity index (χ1n) is 4.21. The van der Waals surface area contributed by atoms with E-state index in [2.05, 4.69) is 17.7 Å². The maximum absolute atomic E-state index is 5.37. The molecule has 0 spiro atoms. The number of rotatable bonds is 6. The van der Waals surface area contributed by atoms with Crippen LogP contribution >= 0.6 is 0 Å². The quantitative estimate of drug-likeness (QED) is 0.450. The van der Waals surface area contributed by atoms with E-state index in [-0.39, 0.29) is 0 Å². The second-order valence-corrected chi connectivity index (χ2v) is 2.57. The summed E-state index contributed by atoms with van der Waals surface area (Å²) in [5, 5.41) is 0. The van der Waals surface area contributed by atoms with Crippen molar-refractivity contribution >= 4 is 0 Å². The Morgan fingerprint density at radius 2 is 2.18 bits per heavy atom. The Morgan fingerprint density at radius 3 is 2.64 bits per heavy atom. The average molecular weight is 154 g/mol. The van der Waals surface area contributed by atoms with Crippen LogP contribution in [0.3, 0.4) is 0 Å². The Bertz CT molecular complexity index is 115. The van der Waals surface area contributed by atoms with Crippen molar-refractivity contribution in [2.75, 3.05) is 26.2 Å². The summed E-state index contributed by atoms with van der Waals surface area (Å²) in [6.07, 6.45) is 7.45. The maximum atomic E-state index is 5.37. The van der Waals surface area contributed by atoms with Crippen LogP contribution in [0, 0.1) is 12.3 Å². The number of unbranched alkanes of at least 4 members (excludes halogenated alkanes) is 1. The molecule has 2 heteroatoms. The lowest BCUT2D eigenvalue weighted by Gasteiger charge is -2.16. The first-order valence-corrected chi connectivity index (χ1v) is 4.21. The van der Waals surface area contributed by atoms with Crippen LogP contribution in [-0.2, 0) is 0 Å². The first-order chi connectivity index (χ1) is 5.35. The summed E-state index contributed by atoms with van der Waals surface area (Å²) in [4.78, 5) is 2.25. The Labute approximate surface area is 69.8 Å². The van der Waals surface area contributed by atoms with E-state index in [0.717, 1.165) is 39.0 Å². The van der Waals surface area contributed by atoms with Gasteiger partial charge in [0.2, 0.25) is 0 Å². The van der Waals surface area contributed by atoms with Gasteiger partial charge in [-0.3, -0.25) is 4.90 Å². The third kappa shape index (κ3) is 5.90. The highest BCUT2D eigenvalue weighted by Crippen LogP contribution is 1.92. The van der Waals surface area contributed by atoms with Gasteiger partial charge in [0.25, 0.3) is 0 Å². The van der Waals surface area contributed by atoms with Gasteiger partial charge in [-0.05, 0) is 32.5 Å². The summed E-state index contributed by atoms with van der Waals surface area (Å²) in [7, 11) is 0. The van der Waals surface area contributed by atoms with Gasteiger partial charge in [-0.15, -0.1) is 6.42 Å². The Morgan fingerprint density at radius 1 is 1.45 bits per heavy atom. The highest BCUT2D eigenvalue weighted by atomic mass is 15.1. The summed E-state index contributed by atoms with van der Waals surface area (Å²) >= 11 is 0. The van der Waals surface area contributed by atoms with Crippen molar-refractivity contribution < 1.29 is 0 Å². The predicted octanol–water partition coefficient (Wildman–Crippen LogP) is 0.680. The van der Waals surface area contributed by atoms with Gasteiger partial charge in [0.15, 0.2) is 0 Å².